The average Bonchev–Trinajstić information content (AvgIpc) is 2.26. The van der Waals surface area contributed by atoms with E-state index in [-0.39, 0.29) is 11.9 Å². The van der Waals surface area contributed by atoms with Gasteiger partial charge in [0.2, 0.25) is 5.91 Å². The zero-order chi connectivity index (χ0) is 14.9. The Kier molecular flexibility index (Phi) is 9.02. The Labute approximate surface area is 118 Å². The van der Waals surface area contributed by atoms with E-state index in [4.69, 9.17) is 0 Å². The molecule has 0 radical (unpaired) electrons. The van der Waals surface area contributed by atoms with E-state index in [9.17, 15) is 9.90 Å². The largest absolute Gasteiger partial charge is 0.389 e. The van der Waals surface area contributed by atoms with Gasteiger partial charge in [-0.25, -0.2) is 0 Å². The Bertz CT molecular complexity index is 249. The molecule has 0 aromatic heterocycles. The number of amides is 1. The van der Waals surface area contributed by atoms with Crippen molar-refractivity contribution in [3.05, 3.63) is 0 Å². The second-order valence-corrected chi connectivity index (χ2v) is 6.08. The van der Waals surface area contributed by atoms with Gasteiger partial charge >= 0.3 is 0 Å². The summed E-state index contributed by atoms with van der Waals surface area (Å²) < 4.78 is 0. The first-order chi connectivity index (χ1) is 8.78. The fraction of sp³-hybridized carbons (Fsp3) is 0.933. The number of aliphatic hydroxyl groups is 1. The summed E-state index contributed by atoms with van der Waals surface area (Å²) in [6.07, 6.45) is 4.63. The van der Waals surface area contributed by atoms with Crippen LogP contribution in [-0.2, 0) is 4.79 Å². The number of hydrogen-bond donors (Lipinski definition) is 2. The molecule has 114 valence electrons. The Morgan fingerprint density at radius 3 is 2.42 bits per heavy atom. The molecule has 19 heavy (non-hydrogen) atoms. The van der Waals surface area contributed by atoms with Gasteiger partial charge in [-0.05, 0) is 33.7 Å². The minimum Gasteiger partial charge on any atom is -0.389 e. The molecule has 0 saturated carbocycles. The topological polar surface area (TPSA) is 52.6 Å². The lowest BCUT2D eigenvalue weighted by atomic mass is 10.1. The van der Waals surface area contributed by atoms with Crippen molar-refractivity contribution in [2.75, 3.05) is 19.6 Å². The smallest absolute Gasteiger partial charge is 0.234 e. The Balaban J connectivity index is 3.99. The van der Waals surface area contributed by atoms with E-state index in [1.165, 1.54) is 19.3 Å². The second-order valence-electron chi connectivity index (χ2n) is 6.08. The van der Waals surface area contributed by atoms with Gasteiger partial charge in [0, 0.05) is 12.6 Å². The van der Waals surface area contributed by atoms with Crippen LogP contribution in [0.2, 0.25) is 0 Å². The summed E-state index contributed by atoms with van der Waals surface area (Å²) in [6.45, 7) is 11.4. The third-order valence-electron chi connectivity index (χ3n) is 3.07. The molecule has 0 fully saturated rings. The van der Waals surface area contributed by atoms with Crippen LogP contribution in [0.4, 0.5) is 0 Å². The lowest BCUT2D eigenvalue weighted by Crippen LogP contribution is -2.45. The van der Waals surface area contributed by atoms with E-state index in [0.717, 1.165) is 13.0 Å². The Morgan fingerprint density at radius 2 is 1.95 bits per heavy atom. The molecule has 2 N–H and O–H groups in total. The fourth-order valence-electron chi connectivity index (χ4n) is 2.12. The quantitative estimate of drug-likeness (QED) is 0.599. The van der Waals surface area contributed by atoms with Gasteiger partial charge in [-0.3, -0.25) is 9.69 Å². The van der Waals surface area contributed by atoms with E-state index < -0.39 is 5.60 Å². The summed E-state index contributed by atoms with van der Waals surface area (Å²) >= 11 is 0. The molecule has 1 atom stereocenters. The SMILES string of the molecule is CCCCCC(C)NC(=O)CN(CC)CC(C)(C)O. The molecule has 0 aliphatic heterocycles. The van der Waals surface area contributed by atoms with E-state index in [0.29, 0.717) is 13.1 Å². The summed E-state index contributed by atoms with van der Waals surface area (Å²) in [5.41, 5.74) is -0.761. The number of carbonyl (C=O) groups excluding carboxylic acids is 1. The van der Waals surface area contributed by atoms with Crippen molar-refractivity contribution in [3.8, 4) is 0 Å². The van der Waals surface area contributed by atoms with E-state index in [1.807, 2.05) is 11.8 Å². The first-order valence-electron chi connectivity index (χ1n) is 7.52. The highest BCUT2D eigenvalue weighted by Crippen LogP contribution is 2.05. The minimum absolute atomic E-state index is 0.0510. The third-order valence-corrected chi connectivity index (χ3v) is 3.07. The first kappa shape index (κ1) is 18.4. The van der Waals surface area contributed by atoms with Crippen LogP contribution in [0.3, 0.4) is 0 Å². The normalized spacial score (nSPS) is 13.6. The maximum atomic E-state index is 11.9. The monoisotopic (exact) mass is 272 g/mol. The summed E-state index contributed by atoms with van der Waals surface area (Å²) in [6, 6.07) is 0.236. The van der Waals surface area contributed by atoms with Crippen molar-refractivity contribution in [1.82, 2.24) is 10.2 Å². The molecular formula is C15H32N2O2. The van der Waals surface area contributed by atoms with Gasteiger partial charge < -0.3 is 10.4 Å². The van der Waals surface area contributed by atoms with Crippen molar-refractivity contribution < 1.29 is 9.90 Å². The maximum absolute atomic E-state index is 11.9. The molecule has 4 heteroatoms. The Morgan fingerprint density at radius 1 is 1.32 bits per heavy atom. The van der Waals surface area contributed by atoms with Gasteiger partial charge in [0.15, 0.2) is 0 Å². The van der Waals surface area contributed by atoms with E-state index in [1.54, 1.807) is 13.8 Å². The lowest BCUT2D eigenvalue weighted by molar-refractivity contribution is -0.123. The number of rotatable bonds is 10. The van der Waals surface area contributed by atoms with Crippen molar-refractivity contribution in [2.45, 2.75) is 71.9 Å². The van der Waals surface area contributed by atoms with Crippen LogP contribution in [0, 0.1) is 0 Å². The van der Waals surface area contributed by atoms with Crippen LogP contribution in [0.25, 0.3) is 0 Å². The zero-order valence-electron chi connectivity index (χ0n) is 13.3. The van der Waals surface area contributed by atoms with Crippen LogP contribution in [0.1, 0.15) is 60.3 Å². The van der Waals surface area contributed by atoms with E-state index >= 15 is 0 Å². The summed E-state index contributed by atoms with van der Waals surface area (Å²) in [7, 11) is 0. The Hall–Kier alpha value is -0.610. The third kappa shape index (κ3) is 11.0. The van der Waals surface area contributed by atoms with Gasteiger partial charge in [-0.15, -0.1) is 0 Å². The standard InChI is InChI=1S/C15H32N2O2/c1-6-8-9-10-13(3)16-14(18)11-17(7-2)12-15(4,5)19/h13,19H,6-12H2,1-5H3,(H,16,18). The zero-order valence-corrected chi connectivity index (χ0v) is 13.3. The van der Waals surface area contributed by atoms with Crippen LogP contribution >= 0.6 is 0 Å². The fourth-order valence-corrected chi connectivity index (χ4v) is 2.12. The number of carbonyl (C=O) groups is 1. The summed E-state index contributed by atoms with van der Waals surface area (Å²) in [4.78, 5) is 13.9. The van der Waals surface area contributed by atoms with Gasteiger partial charge in [0.1, 0.15) is 0 Å². The van der Waals surface area contributed by atoms with Crippen LogP contribution in [0.5, 0.6) is 0 Å². The number of nitrogens with zero attached hydrogens (tertiary/aromatic N) is 1. The number of nitrogens with one attached hydrogen (secondary N) is 1. The predicted octanol–water partition coefficient (Wildman–Crippen LogP) is 2.16. The number of hydrogen-bond acceptors (Lipinski definition) is 3. The van der Waals surface area contributed by atoms with Crippen LogP contribution < -0.4 is 5.32 Å². The molecular weight excluding hydrogens is 240 g/mol. The highest BCUT2D eigenvalue weighted by molar-refractivity contribution is 5.78. The second kappa shape index (κ2) is 9.32. The highest BCUT2D eigenvalue weighted by atomic mass is 16.3. The van der Waals surface area contributed by atoms with Crippen molar-refractivity contribution in [2.24, 2.45) is 0 Å². The minimum atomic E-state index is -0.761. The van der Waals surface area contributed by atoms with Crippen LogP contribution in [-0.4, -0.2) is 47.2 Å². The first-order valence-corrected chi connectivity index (χ1v) is 7.52. The molecule has 4 nitrogen and oxygen atoms in total. The summed E-state index contributed by atoms with van der Waals surface area (Å²) in [5.74, 6) is 0.0510. The average molecular weight is 272 g/mol. The van der Waals surface area contributed by atoms with Crippen molar-refractivity contribution in [1.29, 1.82) is 0 Å². The molecule has 0 bridgehead atoms. The molecule has 0 aliphatic rings. The van der Waals surface area contributed by atoms with Gasteiger partial charge in [0.05, 0.1) is 12.1 Å². The molecule has 0 spiro atoms. The van der Waals surface area contributed by atoms with Crippen LogP contribution in [0.15, 0.2) is 0 Å². The molecule has 1 unspecified atom stereocenters. The molecule has 0 saturated heterocycles. The van der Waals surface area contributed by atoms with Gasteiger partial charge in [-0.1, -0.05) is 33.1 Å². The number of likely N-dealkylation sites (N-methyl/N-ethyl adjacent to an activating group) is 1. The van der Waals surface area contributed by atoms with Gasteiger partial charge in [0.25, 0.3) is 0 Å². The predicted molar refractivity (Wildman–Crippen MR) is 80.2 cm³/mol. The number of unbranched alkanes of at least 4 members (excludes halogenated alkanes) is 2. The molecule has 0 aromatic carbocycles. The molecule has 0 aromatic rings. The van der Waals surface area contributed by atoms with Crippen molar-refractivity contribution in [3.63, 3.8) is 0 Å². The molecule has 1 amide bonds. The molecule has 0 rings (SSSR count). The highest BCUT2D eigenvalue weighted by Gasteiger charge is 2.19. The lowest BCUT2D eigenvalue weighted by Gasteiger charge is -2.27. The van der Waals surface area contributed by atoms with Crippen molar-refractivity contribution >= 4 is 5.91 Å². The van der Waals surface area contributed by atoms with E-state index in [2.05, 4.69) is 19.2 Å². The summed E-state index contributed by atoms with van der Waals surface area (Å²) in [5, 5.41) is 12.8. The van der Waals surface area contributed by atoms with Gasteiger partial charge in [-0.2, -0.15) is 0 Å². The molecule has 0 heterocycles. The maximum Gasteiger partial charge on any atom is 0.234 e. The molecule has 0 aliphatic carbocycles.